The number of benzene rings is 1. The number of rotatable bonds is 3. The summed E-state index contributed by atoms with van der Waals surface area (Å²) in [6.07, 6.45) is 5.55. The van der Waals surface area contributed by atoms with Crippen molar-refractivity contribution in [2.45, 2.75) is 12.5 Å². The van der Waals surface area contributed by atoms with E-state index in [1.54, 1.807) is 17.0 Å². The van der Waals surface area contributed by atoms with Crippen LogP contribution in [0, 0.1) is 5.82 Å². The van der Waals surface area contributed by atoms with Gasteiger partial charge in [0.2, 0.25) is 5.91 Å². The van der Waals surface area contributed by atoms with Crippen LogP contribution in [0.25, 0.3) is 22.2 Å². The number of nitrogens with zero attached hydrogens (tertiary/aromatic N) is 4. The van der Waals surface area contributed by atoms with Crippen LogP contribution in [0.5, 0.6) is 0 Å². The van der Waals surface area contributed by atoms with Crippen molar-refractivity contribution in [3.63, 3.8) is 0 Å². The minimum atomic E-state index is -0.295. The van der Waals surface area contributed by atoms with Crippen LogP contribution >= 0.6 is 0 Å². The van der Waals surface area contributed by atoms with Crippen LogP contribution in [0.15, 0.2) is 49.4 Å². The highest BCUT2D eigenvalue weighted by atomic mass is 19.1. The smallest absolute Gasteiger partial charge is 0.246 e. The fraction of sp³-hybridized carbons (Fsp3) is 0.211. The van der Waals surface area contributed by atoms with Gasteiger partial charge in [-0.3, -0.25) is 4.79 Å². The molecule has 0 radical (unpaired) electrons. The Labute approximate surface area is 149 Å². The van der Waals surface area contributed by atoms with Crippen molar-refractivity contribution in [2.75, 3.05) is 18.8 Å². The van der Waals surface area contributed by atoms with Crippen LogP contribution in [0.3, 0.4) is 0 Å². The van der Waals surface area contributed by atoms with Gasteiger partial charge in [0.05, 0.1) is 11.4 Å². The minimum absolute atomic E-state index is 0.0724. The number of hydrogen-bond donors (Lipinski definition) is 1. The Morgan fingerprint density at radius 3 is 2.81 bits per heavy atom. The highest BCUT2D eigenvalue weighted by Gasteiger charge is 2.28. The van der Waals surface area contributed by atoms with Crippen LogP contribution in [-0.2, 0) is 4.79 Å². The van der Waals surface area contributed by atoms with Crippen molar-refractivity contribution in [3.05, 3.63) is 55.3 Å². The summed E-state index contributed by atoms with van der Waals surface area (Å²) in [5.41, 5.74) is 8.53. The average Bonchev–Trinajstić information content (AvgIpc) is 3.27. The number of anilines is 1. The summed E-state index contributed by atoms with van der Waals surface area (Å²) in [5, 5.41) is 0.743. The molecule has 2 aromatic heterocycles. The van der Waals surface area contributed by atoms with Crippen molar-refractivity contribution in [3.8, 4) is 11.1 Å². The molecular formula is C19H18FN5O. The lowest BCUT2D eigenvalue weighted by molar-refractivity contribution is -0.125. The summed E-state index contributed by atoms with van der Waals surface area (Å²) < 4.78 is 15.3. The Balaban J connectivity index is 1.82. The Morgan fingerprint density at radius 2 is 2.08 bits per heavy atom. The maximum absolute atomic E-state index is 13.3. The first-order valence-electron chi connectivity index (χ1n) is 8.36. The summed E-state index contributed by atoms with van der Waals surface area (Å²) >= 11 is 0. The van der Waals surface area contributed by atoms with Gasteiger partial charge < -0.3 is 15.2 Å². The van der Waals surface area contributed by atoms with E-state index in [4.69, 9.17) is 5.73 Å². The lowest BCUT2D eigenvalue weighted by Crippen LogP contribution is -2.27. The van der Waals surface area contributed by atoms with E-state index < -0.39 is 0 Å². The first kappa shape index (κ1) is 16.3. The van der Waals surface area contributed by atoms with Gasteiger partial charge in [-0.2, -0.15) is 0 Å². The normalized spacial score (nSPS) is 17.0. The predicted octanol–water partition coefficient (Wildman–Crippen LogP) is 2.78. The molecule has 0 spiro atoms. The molecule has 3 aromatic rings. The molecule has 4 rings (SSSR count). The number of fused-ring (bicyclic) bond motifs is 1. The summed E-state index contributed by atoms with van der Waals surface area (Å²) in [4.78, 5) is 22.2. The Bertz CT molecular complexity index is 995. The Kier molecular flexibility index (Phi) is 3.91. The number of carbonyl (C=O) groups excluding carboxylic acids is 1. The van der Waals surface area contributed by atoms with Gasteiger partial charge in [0.15, 0.2) is 0 Å². The molecule has 7 heteroatoms. The molecule has 3 heterocycles. The number of hydrogen-bond acceptors (Lipinski definition) is 4. The van der Waals surface area contributed by atoms with E-state index in [0.29, 0.717) is 18.9 Å². The lowest BCUT2D eigenvalue weighted by Gasteiger charge is -2.15. The standard InChI is InChI=1S/C19H18FN5O/c1-2-16(26)24-8-7-14(9-24)25-10-15(12-3-5-13(20)6-4-12)17-18(21)22-11-23-19(17)25/h2-6,10-11,14H,1,7-9H2,(H2,21,22,23). The summed E-state index contributed by atoms with van der Waals surface area (Å²) in [7, 11) is 0. The van der Waals surface area contributed by atoms with Crippen molar-refractivity contribution in [1.29, 1.82) is 0 Å². The van der Waals surface area contributed by atoms with Gasteiger partial charge in [0.25, 0.3) is 0 Å². The predicted molar refractivity (Wildman–Crippen MR) is 97.8 cm³/mol. The molecule has 0 saturated carbocycles. The van der Waals surface area contributed by atoms with E-state index in [1.165, 1.54) is 24.5 Å². The number of amides is 1. The maximum Gasteiger partial charge on any atom is 0.246 e. The van der Waals surface area contributed by atoms with Gasteiger partial charge in [-0.15, -0.1) is 0 Å². The van der Waals surface area contributed by atoms with Crippen LogP contribution in [0.1, 0.15) is 12.5 Å². The molecule has 1 unspecified atom stereocenters. The number of nitrogen functional groups attached to an aromatic ring is 1. The molecule has 132 valence electrons. The zero-order valence-electron chi connectivity index (χ0n) is 14.1. The maximum atomic E-state index is 13.3. The van der Waals surface area contributed by atoms with Gasteiger partial charge in [-0.05, 0) is 30.2 Å². The zero-order valence-corrected chi connectivity index (χ0v) is 14.1. The topological polar surface area (TPSA) is 77.0 Å². The molecule has 1 atom stereocenters. The third kappa shape index (κ3) is 2.61. The molecule has 2 N–H and O–H groups in total. The molecule has 1 aliphatic heterocycles. The summed E-state index contributed by atoms with van der Waals surface area (Å²) in [5.74, 6) is 0.0121. The van der Waals surface area contributed by atoms with E-state index in [-0.39, 0.29) is 17.8 Å². The first-order chi connectivity index (χ1) is 12.6. The Hall–Kier alpha value is -3.22. The number of nitrogens with two attached hydrogens (primary N) is 1. The van der Waals surface area contributed by atoms with Gasteiger partial charge in [0.1, 0.15) is 23.6 Å². The molecule has 1 aromatic carbocycles. The second-order valence-electron chi connectivity index (χ2n) is 6.35. The van der Waals surface area contributed by atoms with Gasteiger partial charge in [0, 0.05) is 24.8 Å². The van der Waals surface area contributed by atoms with Crippen LogP contribution in [0.4, 0.5) is 10.2 Å². The second-order valence-corrected chi connectivity index (χ2v) is 6.35. The average molecular weight is 351 g/mol. The first-order valence-corrected chi connectivity index (χ1v) is 8.36. The third-order valence-corrected chi connectivity index (χ3v) is 4.84. The quantitative estimate of drug-likeness (QED) is 0.736. The largest absolute Gasteiger partial charge is 0.383 e. The van der Waals surface area contributed by atoms with Gasteiger partial charge in [-0.1, -0.05) is 18.7 Å². The number of aromatic nitrogens is 3. The monoisotopic (exact) mass is 351 g/mol. The van der Waals surface area contributed by atoms with E-state index in [9.17, 15) is 9.18 Å². The van der Waals surface area contributed by atoms with Crippen molar-refractivity contribution in [2.24, 2.45) is 0 Å². The zero-order chi connectivity index (χ0) is 18.3. The third-order valence-electron chi connectivity index (χ3n) is 4.84. The van der Waals surface area contributed by atoms with Crippen LogP contribution < -0.4 is 5.73 Å². The number of likely N-dealkylation sites (tertiary alicyclic amines) is 1. The molecule has 1 fully saturated rings. The van der Waals surface area contributed by atoms with Gasteiger partial charge >= 0.3 is 0 Å². The molecule has 0 aliphatic carbocycles. The van der Waals surface area contributed by atoms with Crippen molar-refractivity contribution < 1.29 is 9.18 Å². The molecule has 1 saturated heterocycles. The van der Waals surface area contributed by atoms with E-state index >= 15 is 0 Å². The van der Waals surface area contributed by atoms with E-state index in [1.807, 2.05) is 10.8 Å². The van der Waals surface area contributed by atoms with E-state index in [0.717, 1.165) is 28.6 Å². The molecule has 6 nitrogen and oxygen atoms in total. The highest BCUT2D eigenvalue weighted by molar-refractivity contribution is 6.00. The molecule has 1 aliphatic rings. The Morgan fingerprint density at radius 1 is 1.31 bits per heavy atom. The lowest BCUT2D eigenvalue weighted by atomic mass is 10.1. The van der Waals surface area contributed by atoms with Gasteiger partial charge in [-0.25, -0.2) is 14.4 Å². The van der Waals surface area contributed by atoms with Crippen molar-refractivity contribution in [1.82, 2.24) is 19.4 Å². The number of halogens is 1. The fourth-order valence-electron chi connectivity index (χ4n) is 3.53. The summed E-state index contributed by atoms with van der Waals surface area (Å²) in [6, 6.07) is 6.34. The van der Waals surface area contributed by atoms with Crippen molar-refractivity contribution >= 4 is 22.8 Å². The van der Waals surface area contributed by atoms with E-state index in [2.05, 4.69) is 16.5 Å². The molecule has 0 bridgehead atoms. The summed E-state index contributed by atoms with van der Waals surface area (Å²) in [6.45, 7) is 4.80. The SMILES string of the molecule is C=CC(=O)N1CCC(n2cc(-c3ccc(F)cc3)c3c(N)ncnc32)C1. The fourth-order valence-corrected chi connectivity index (χ4v) is 3.53. The molecule has 1 amide bonds. The molecule has 26 heavy (non-hydrogen) atoms. The van der Waals surface area contributed by atoms with Crippen LogP contribution in [0.2, 0.25) is 0 Å². The highest BCUT2D eigenvalue weighted by Crippen LogP contribution is 2.36. The van der Waals surface area contributed by atoms with Crippen LogP contribution in [-0.4, -0.2) is 38.4 Å². The number of carbonyl (C=O) groups is 1. The second kappa shape index (κ2) is 6.25. The molecular weight excluding hydrogens is 333 g/mol. The minimum Gasteiger partial charge on any atom is -0.383 e.